The number of hydrogen-bond donors (Lipinski definition) is 1. The summed E-state index contributed by atoms with van der Waals surface area (Å²) in [6, 6.07) is 25.5. The van der Waals surface area contributed by atoms with E-state index in [-0.39, 0.29) is 11.9 Å². The van der Waals surface area contributed by atoms with Gasteiger partial charge in [-0.3, -0.25) is 4.79 Å². The Bertz CT molecular complexity index is 861. The summed E-state index contributed by atoms with van der Waals surface area (Å²) in [6.45, 7) is 2.05. The molecule has 1 atom stereocenters. The third-order valence-corrected chi connectivity index (χ3v) is 4.30. The first kappa shape index (κ1) is 17.2. The number of aryl methyl sites for hydroxylation is 1. The van der Waals surface area contributed by atoms with E-state index in [0.29, 0.717) is 11.4 Å². The number of halogens is 1. The number of carbonyl (C=O) groups excluding carboxylic acids is 1. The molecule has 0 saturated heterocycles. The van der Waals surface area contributed by atoms with Gasteiger partial charge in [0.25, 0.3) is 0 Å². The van der Waals surface area contributed by atoms with E-state index < -0.39 is 0 Å². The lowest BCUT2D eigenvalue weighted by Crippen LogP contribution is -2.30. The fourth-order valence-corrected chi connectivity index (χ4v) is 3.11. The van der Waals surface area contributed by atoms with E-state index in [2.05, 4.69) is 24.4 Å². The second-order valence-electron chi connectivity index (χ2n) is 6.13. The summed E-state index contributed by atoms with van der Waals surface area (Å²) in [6.07, 6.45) is 0.301. The minimum atomic E-state index is -0.173. The van der Waals surface area contributed by atoms with Crippen molar-refractivity contribution >= 4 is 17.5 Å². The van der Waals surface area contributed by atoms with Gasteiger partial charge in [-0.1, -0.05) is 83.9 Å². The molecule has 2 nitrogen and oxygen atoms in total. The van der Waals surface area contributed by atoms with E-state index in [9.17, 15) is 4.79 Å². The van der Waals surface area contributed by atoms with Gasteiger partial charge < -0.3 is 5.32 Å². The van der Waals surface area contributed by atoms with Crippen molar-refractivity contribution in [3.05, 3.63) is 106 Å². The van der Waals surface area contributed by atoms with Gasteiger partial charge >= 0.3 is 0 Å². The fraction of sp³-hybridized carbons (Fsp3) is 0.136. The van der Waals surface area contributed by atoms with Crippen LogP contribution in [0.1, 0.15) is 28.3 Å². The Hall–Kier alpha value is -2.58. The van der Waals surface area contributed by atoms with Crippen LogP contribution in [0.3, 0.4) is 0 Å². The van der Waals surface area contributed by atoms with Crippen LogP contribution in [0.5, 0.6) is 0 Å². The summed E-state index contributed by atoms with van der Waals surface area (Å²) in [5, 5.41) is 3.80. The van der Waals surface area contributed by atoms with Crippen molar-refractivity contribution in [2.75, 3.05) is 0 Å². The molecule has 0 aromatic heterocycles. The molecule has 0 aliphatic heterocycles. The van der Waals surface area contributed by atoms with Gasteiger partial charge in [0.2, 0.25) is 5.91 Å². The maximum atomic E-state index is 12.6. The zero-order valence-corrected chi connectivity index (χ0v) is 14.8. The zero-order chi connectivity index (χ0) is 17.6. The van der Waals surface area contributed by atoms with Gasteiger partial charge in [0.15, 0.2) is 0 Å². The summed E-state index contributed by atoms with van der Waals surface area (Å²) in [4.78, 5) is 12.6. The lowest BCUT2D eigenvalue weighted by molar-refractivity contribution is -0.120. The molecule has 126 valence electrons. The molecule has 0 saturated carbocycles. The predicted octanol–water partition coefficient (Wildman–Crippen LogP) is 5.10. The van der Waals surface area contributed by atoms with Crippen molar-refractivity contribution in [1.82, 2.24) is 5.32 Å². The average Bonchev–Trinajstić information content (AvgIpc) is 2.60. The summed E-state index contributed by atoms with van der Waals surface area (Å²) in [5.74, 6) is -0.0300. The van der Waals surface area contributed by atoms with E-state index in [1.54, 1.807) is 0 Å². The van der Waals surface area contributed by atoms with Gasteiger partial charge in [-0.25, -0.2) is 0 Å². The molecular weight excluding hydrogens is 330 g/mol. The molecule has 3 aromatic carbocycles. The highest BCUT2D eigenvalue weighted by molar-refractivity contribution is 6.30. The van der Waals surface area contributed by atoms with Crippen molar-refractivity contribution in [1.29, 1.82) is 0 Å². The van der Waals surface area contributed by atoms with E-state index in [1.807, 2.05) is 66.7 Å². The van der Waals surface area contributed by atoms with E-state index in [1.165, 1.54) is 5.56 Å². The second kappa shape index (κ2) is 8.00. The van der Waals surface area contributed by atoms with Crippen LogP contribution in [-0.2, 0) is 11.2 Å². The second-order valence-corrected chi connectivity index (χ2v) is 6.57. The Labute approximate surface area is 153 Å². The van der Waals surface area contributed by atoms with Crippen LogP contribution < -0.4 is 5.32 Å². The van der Waals surface area contributed by atoms with E-state index in [4.69, 9.17) is 11.6 Å². The lowest BCUT2D eigenvalue weighted by Gasteiger charge is -2.20. The Morgan fingerprint density at radius 1 is 0.920 bits per heavy atom. The monoisotopic (exact) mass is 349 g/mol. The average molecular weight is 350 g/mol. The van der Waals surface area contributed by atoms with E-state index >= 15 is 0 Å². The Morgan fingerprint density at radius 2 is 1.64 bits per heavy atom. The maximum absolute atomic E-state index is 12.6. The van der Waals surface area contributed by atoms with Crippen molar-refractivity contribution in [3.63, 3.8) is 0 Å². The third-order valence-electron chi connectivity index (χ3n) is 4.07. The highest BCUT2D eigenvalue weighted by Gasteiger charge is 2.17. The number of amides is 1. The number of benzene rings is 3. The molecule has 0 aliphatic carbocycles. The van der Waals surface area contributed by atoms with Crippen LogP contribution in [0.15, 0.2) is 78.9 Å². The standard InChI is InChI=1S/C22H20ClNO/c1-16-7-5-11-19(13-16)22(18-9-3-2-4-10-18)24-21(25)15-17-8-6-12-20(23)14-17/h2-14,22H,15H2,1H3,(H,24,25)/t22-/m1/s1. The van der Waals surface area contributed by atoms with Crippen LogP contribution >= 0.6 is 11.6 Å². The zero-order valence-electron chi connectivity index (χ0n) is 14.1. The molecule has 0 unspecified atom stereocenters. The van der Waals surface area contributed by atoms with Crippen LogP contribution in [0, 0.1) is 6.92 Å². The highest BCUT2D eigenvalue weighted by atomic mass is 35.5. The first-order chi connectivity index (χ1) is 12.1. The van der Waals surface area contributed by atoms with Crippen LogP contribution in [0.25, 0.3) is 0 Å². The largest absolute Gasteiger partial charge is 0.345 e. The number of rotatable bonds is 5. The molecular formula is C22H20ClNO. The normalized spacial score (nSPS) is 11.8. The summed E-state index contributed by atoms with van der Waals surface area (Å²) in [5.41, 5.74) is 4.21. The summed E-state index contributed by atoms with van der Waals surface area (Å²) in [7, 11) is 0. The Balaban J connectivity index is 1.84. The van der Waals surface area contributed by atoms with Crippen molar-refractivity contribution in [2.24, 2.45) is 0 Å². The van der Waals surface area contributed by atoms with Gasteiger partial charge in [-0.2, -0.15) is 0 Å². The molecule has 25 heavy (non-hydrogen) atoms. The van der Waals surface area contributed by atoms with Gasteiger partial charge in [0.05, 0.1) is 12.5 Å². The molecule has 0 fully saturated rings. The first-order valence-corrected chi connectivity index (χ1v) is 8.65. The SMILES string of the molecule is Cc1cccc([C@H](NC(=O)Cc2cccc(Cl)c2)c2ccccc2)c1. The molecule has 1 amide bonds. The molecule has 0 spiro atoms. The first-order valence-electron chi connectivity index (χ1n) is 8.27. The Morgan fingerprint density at radius 3 is 2.36 bits per heavy atom. The van der Waals surface area contributed by atoms with Crippen LogP contribution in [0.2, 0.25) is 5.02 Å². The Kier molecular flexibility index (Phi) is 5.52. The molecule has 0 bridgehead atoms. The number of nitrogens with one attached hydrogen (secondary N) is 1. The molecule has 0 aliphatic rings. The fourth-order valence-electron chi connectivity index (χ4n) is 2.90. The maximum Gasteiger partial charge on any atom is 0.225 e. The predicted molar refractivity (Wildman–Crippen MR) is 103 cm³/mol. The molecule has 0 radical (unpaired) electrons. The van der Waals surface area contributed by atoms with Crippen molar-refractivity contribution in [3.8, 4) is 0 Å². The molecule has 3 heteroatoms. The van der Waals surface area contributed by atoms with Crippen LogP contribution in [-0.4, -0.2) is 5.91 Å². The molecule has 3 rings (SSSR count). The smallest absolute Gasteiger partial charge is 0.225 e. The minimum absolute atomic E-state index is 0.0300. The van der Waals surface area contributed by atoms with Crippen LogP contribution in [0.4, 0.5) is 0 Å². The van der Waals surface area contributed by atoms with Crippen molar-refractivity contribution < 1.29 is 4.79 Å². The lowest BCUT2D eigenvalue weighted by atomic mass is 9.97. The van der Waals surface area contributed by atoms with Gasteiger partial charge in [-0.15, -0.1) is 0 Å². The third kappa shape index (κ3) is 4.71. The highest BCUT2D eigenvalue weighted by Crippen LogP contribution is 2.23. The van der Waals surface area contributed by atoms with Crippen molar-refractivity contribution in [2.45, 2.75) is 19.4 Å². The van der Waals surface area contributed by atoms with Gasteiger partial charge in [0.1, 0.15) is 0 Å². The molecule has 1 N–H and O–H groups in total. The molecule has 0 heterocycles. The van der Waals surface area contributed by atoms with Gasteiger partial charge in [-0.05, 0) is 35.7 Å². The van der Waals surface area contributed by atoms with E-state index in [0.717, 1.165) is 16.7 Å². The number of carbonyl (C=O) groups is 1. The summed E-state index contributed by atoms with van der Waals surface area (Å²) >= 11 is 6.01. The quantitative estimate of drug-likeness (QED) is 0.682. The topological polar surface area (TPSA) is 29.1 Å². The molecule has 3 aromatic rings. The summed E-state index contributed by atoms with van der Waals surface area (Å²) < 4.78 is 0. The number of hydrogen-bond acceptors (Lipinski definition) is 1. The van der Waals surface area contributed by atoms with Gasteiger partial charge in [0, 0.05) is 5.02 Å². The minimum Gasteiger partial charge on any atom is -0.345 e.